The molecular weight excluding hydrogens is 319 g/mol. The summed E-state index contributed by atoms with van der Waals surface area (Å²) in [5.41, 5.74) is 3.25. The lowest BCUT2D eigenvalue weighted by atomic mass is 9.96. The predicted octanol–water partition coefficient (Wildman–Crippen LogP) is 4.18. The Morgan fingerprint density at radius 2 is 2.10 bits per heavy atom. The highest BCUT2D eigenvalue weighted by molar-refractivity contribution is 9.10. The van der Waals surface area contributed by atoms with Crippen molar-refractivity contribution in [1.82, 2.24) is 10.3 Å². The summed E-state index contributed by atoms with van der Waals surface area (Å²) in [6.07, 6.45) is 4.47. The molecule has 0 aliphatic rings. The highest BCUT2D eigenvalue weighted by Crippen LogP contribution is 2.23. The van der Waals surface area contributed by atoms with E-state index in [1.807, 2.05) is 19.2 Å². The molecule has 1 aromatic heterocycles. The summed E-state index contributed by atoms with van der Waals surface area (Å²) in [5.74, 6) is -0.189. The lowest BCUT2D eigenvalue weighted by Gasteiger charge is -2.20. The average molecular weight is 337 g/mol. The molecule has 1 N–H and O–H groups in total. The summed E-state index contributed by atoms with van der Waals surface area (Å²) >= 11 is 3.44. The zero-order valence-electron chi connectivity index (χ0n) is 11.7. The Bertz CT molecular complexity index is 586. The van der Waals surface area contributed by atoms with Crippen molar-refractivity contribution in [3.8, 4) is 0 Å². The second-order valence-corrected chi connectivity index (χ2v) is 5.74. The van der Waals surface area contributed by atoms with Crippen LogP contribution in [0.5, 0.6) is 0 Å². The van der Waals surface area contributed by atoms with Gasteiger partial charge in [-0.25, -0.2) is 4.39 Å². The summed E-state index contributed by atoms with van der Waals surface area (Å²) < 4.78 is 14.2. The minimum atomic E-state index is -0.189. The minimum absolute atomic E-state index is 0.164. The van der Waals surface area contributed by atoms with Gasteiger partial charge in [-0.1, -0.05) is 13.0 Å². The Morgan fingerprint density at radius 3 is 2.75 bits per heavy atom. The van der Waals surface area contributed by atoms with Crippen molar-refractivity contribution in [3.63, 3.8) is 0 Å². The molecule has 0 amide bonds. The van der Waals surface area contributed by atoms with Gasteiger partial charge in [-0.15, -0.1) is 0 Å². The van der Waals surface area contributed by atoms with Crippen LogP contribution in [0.4, 0.5) is 4.39 Å². The van der Waals surface area contributed by atoms with E-state index in [4.69, 9.17) is 0 Å². The van der Waals surface area contributed by atoms with Crippen molar-refractivity contribution in [2.45, 2.75) is 26.3 Å². The Balaban J connectivity index is 2.26. The number of rotatable bonds is 5. The monoisotopic (exact) mass is 336 g/mol. The molecule has 20 heavy (non-hydrogen) atoms. The fourth-order valence-electron chi connectivity index (χ4n) is 2.37. The lowest BCUT2D eigenvalue weighted by molar-refractivity contribution is 0.543. The number of pyridine rings is 1. The van der Waals surface area contributed by atoms with Crippen LogP contribution >= 0.6 is 15.9 Å². The van der Waals surface area contributed by atoms with Crippen LogP contribution in [0.25, 0.3) is 0 Å². The number of benzene rings is 1. The van der Waals surface area contributed by atoms with Crippen LogP contribution in [0.3, 0.4) is 0 Å². The van der Waals surface area contributed by atoms with Gasteiger partial charge < -0.3 is 5.32 Å². The smallest absolute Gasteiger partial charge is 0.123 e. The van der Waals surface area contributed by atoms with E-state index in [2.05, 4.69) is 39.2 Å². The van der Waals surface area contributed by atoms with Gasteiger partial charge in [-0.2, -0.15) is 0 Å². The lowest BCUT2D eigenvalue weighted by Crippen LogP contribution is -2.23. The van der Waals surface area contributed by atoms with Gasteiger partial charge in [-0.05, 0) is 70.7 Å². The zero-order chi connectivity index (χ0) is 14.5. The Labute approximate surface area is 127 Å². The third-order valence-electron chi connectivity index (χ3n) is 3.26. The molecule has 4 heteroatoms. The van der Waals surface area contributed by atoms with Crippen molar-refractivity contribution in [3.05, 3.63) is 63.6 Å². The van der Waals surface area contributed by atoms with Gasteiger partial charge in [0.1, 0.15) is 5.82 Å². The molecule has 0 saturated heterocycles. The van der Waals surface area contributed by atoms with Gasteiger partial charge in [0.05, 0.1) is 0 Å². The fourth-order valence-corrected chi connectivity index (χ4v) is 2.78. The summed E-state index contributed by atoms with van der Waals surface area (Å²) in [6.45, 7) is 4.88. The van der Waals surface area contributed by atoms with Crippen LogP contribution in [-0.4, -0.2) is 11.5 Å². The van der Waals surface area contributed by atoms with E-state index < -0.39 is 0 Å². The first-order valence-corrected chi connectivity index (χ1v) is 7.48. The van der Waals surface area contributed by atoms with Crippen molar-refractivity contribution in [1.29, 1.82) is 0 Å². The summed E-state index contributed by atoms with van der Waals surface area (Å²) in [7, 11) is 0. The van der Waals surface area contributed by atoms with Crippen LogP contribution in [0, 0.1) is 12.7 Å². The summed E-state index contributed by atoms with van der Waals surface area (Å²) in [6, 6.07) is 7.20. The third kappa shape index (κ3) is 3.87. The van der Waals surface area contributed by atoms with Crippen LogP contribution in [0.15, 0.2) is 41.1 Å². The largest absolute Gasteiger partial charge is 0.310 e. The molecule has 0 spiro atoms. The zero-order valence-corrected chi connectivity index (χ0v) is 13.2. The molecule has 106 valence electrons. The Morgan fingerprint density at radius 1 is 1.30 bits per heavy atom. The van der Waals surface area contributed by atoms with Gasteiger partial charge in [0.15, 0.2) is 0 Å². The maximum Gasteiger partial charge on any atom is 0.123 e. The molecule has 1 aromatic carbocycles. The molecule has 0 bridgehead atoms. The van der Waals surface area contributed by atoms with Gasteiger partial charge in [-0.3, -0.25) is 4.98 Å². The van der Waals surface area contributed by atoms with Gasteiger partial charge in [0.25, 0.3) is 0 Å². The standard InChI is InChI=1S/C16H18BrFN2/c1-3-20-16(8-12-7-13(17)10-19-9-12)15-5-4-14(18)6-11(15)2/h4-7,9-10,16,20H,3,8H2,1-2H3. The minimum Gasteiger partial charge on any atom is -0.310 e. The summed E-state index contributed by atoms with van der Waals surface area (Å²) in [4.78, 5) is 4.19. The van der Waals surface area contributed by atoms with E-state index in [9.17, 15) is 4.39 Å². The highest BCUT2D eigenvalue weighted by atomic mass is 79.9. The molecule has 2 nitrogen and oxygen atoms in total. The first-order chi connectivity index (χ1) is 9.60. The first kappa shape index (κ1) is 15.1. The Hall–Kier alpha value is -1.26. The molecule has 0 aliphatic carbocycles. The summed E-state index contributed by atoms with van der Waals surface area (Å²) in [5, 5.41) is 3.46. The third-order valence-corrected chi connectivity index (χ3v) is 3.69. The van der Waals surface area contributed by atoms with E-state index >= 15 is 0 Å². The van der Waals surface area contributed by atoms with E-state index in [1.54, 1.807) is 12.3 Å². The van der Waals surface area contributed by atoms with Crippen molar-refractivity contribution in [2.24, 2.45) is 0 Å². The number of nitrogens with zero attached hydrogens (tertiary/aromatic N) is 1. The topological polar surface area (TPSA) is 24.9 Å². The number of halogens is 2. The second-order valence-electron chi connectivity index (χ2n) is 4.83. The first-order valence-electron chi connectivity index (χ1n) is 6.69. The molecule has 0 aliphatic heterocycles. The van der Waals surface area contributed by atoms with E-state index in [0.717, 1.165) is 34.1 Å². The maximum atomic E-state index is 13.2. The van der Waals surface area contributed by atoms with E-state index in [-0.39, 0.29) is 11.9 Å². The molecule has 1 unspecified atom stereocenters. The SMILES string of the molecule is CCNC(Cc1cncc(Br)c1)c1ccc(F)cc1C. The number of aryl methyl sites for hydroxylation is 1. The molecule has 2 rings (SSSR count). The van der Waals surface area contributed by atoms with Gasteiger partial charge in [0, 0.05) is 22.9 Å². The van der Waals surface area contributed by atoms with Crippen molar-refractivity contribution >= 4 is 15.9 Å². The number of hydrogen-bond acceptors (Lipinski definition) is 2. The molecule has 0 saturated carbocycles. The van der Waals surface area contributed by atoms with Gasteiger partial charge >= 0.3 is 0 Å². The number of nitrogens with one attached hydrogen (secondary N) is 1. The van der Waals surface area contributed by atoms with Crippen LogP contribution < -0.4 is 5.32 Å². The van der Waals surface area contributed by atoms with Crippen molar-refractivity contribution in [2.75, 3.05) is 6.54 Å². The molecule has 0 radical (unpaired) electrons. The van der Waals surface area contributed by atoms with Gasteiger partial charge in [0.2, 0.25) is 0 Å². The molecule has 1 atom stereocenters. The number of likely N-dealkylation sites (N-methyl/N-ethyl adjacent to an activating group) is 1. The van der Waals surface area contributed by atoms with Crippen LogP contribution in [0.1, 0.15) is 29.7 Å². The number of aromatic nitrogens is 1. The fraction of sp³-hybridized carbons (Fsp3) is 0.312. The quantitative estimate of drug-likeness (QED) is 0.885. The van der Waals surface area contributed by atoms with E-state index in [0.29, 0.717) is 0 Å². The maximum absolute atomic E-state index is 13.2. The molecule has 0 fully saturated rings. The molecule has 1 heterocycles. The second kappa shape index (κ2) is 6.95. The molecule has 2 aromatic rings. The Kier molecular flexibility index (Phi) is 5.26. The van der Waals surface area contributed by atoms with Crippen LogP contribution in [-0.2, 0) is 6.42 Å². The molecular formula is C16H18BrFN2. The van der Waals surface area contributed by atoms with Crippen molar-refractivity contribution < 1.29 is 4.39 Å². The van der Waals surface area contributed by atoms with Crippen LogP contribution in [0.2, 0.25) is 0 Å². The normalized spacial score (nSPS) is 12.4. The van der Waals surface area contributed by atoms with E-state index in [1.165, 1.54) is 6.07 Å². The highest BCUT2D eigenvalue weighted by Gasteiger charge is 2.14. The number of hydrogen-bond donors (Lipinski definition) is 1. The predicted molar refractivity (Wildman–Crippen MR) is 83.2 cm³/mol. The average Bonchev–Trinajstić information content (AvgIpc) is 2.38.